The van der Waals surface area contributed by atoms with Crippen molar-refractivity contribution in [1.29, 1.82) is 0 Å². The maximum atomic E-state index is 12.0. The molecule has 2 aliphatic heterocycles. The topological polar surface area (TPSA) is 78.4 Å². The van der Waals surface area contributed by atoms with Crippen LogP contribution in [0.1, 0.15) is 41.0 Å². The highest BCUT2D eigenvalue weighted by Crippen LogP contribution is 2.15. The fourth-order valence-electron chi connectivity index (χ4n) is 3.41. The van der Waals surface area contributed by atoms with Crippen molar-refractivity contribution in [2.75, 3.05) is 46.3 Å². The Morgan fingerprint density at radius 3 is 2.32 bits per heavy atom. The molecular formula is C19H38IN5O3. The molecule has 2 rings (SSSR count). The van der Waals surface area contributed by atoms with Crippen molar-refractivity contribution in [3.05, 3.63) is 0 Å². The van der Waals surface area contributed by atoms with Crippen molar-refractivity contribution in [1.82, 2.24) is 20.4 Å². The fourth-order valence-corrected chi connectivity index (χ4v) is 3.41. The maximum absolute atomic E-state index is 12.0. The summed E-state index contributed by atoms with van der Waals surface area (Å²) in [5, 5.41) is 6.72. The van der Waals surface area contributed by atoms with Gasteiger partial charge in [0.1, 0.15) is 5.60 Å². The number of hydrogen-bond acceptors (Lipinski definition) is 5. The zero-order chi connectivity index (χ0) is 20.0. The van der Waals surface area contributed by atoms with Gasteiger partial charge in [0.25, 0.3) is 0 Å². The summed E-state index contributed by atoms with van der Waals surface area (Å²) in [6, 6.07) is 0.213. The number of halogens is 1. The summed E-state index contributed by atoms with van der Waals surface area (Å²) in [6.07, 6.45) is 1.41. The summed E-state index contributed by atoms with van der Waals surface area (Å²) >= 11 is 0. The summed E-state index contributed by atoms with van der Waals surface area (Å²) in [4.78, 5) is 20.4. The number of nitrogens with one attached hydrogen (secondary N) is 2. The van der Waals surface area contributed by atoms with Crippen LogP contribution in [0.3, 0.4) is 0 Å². The van der Waals surface area contributed by atoms with Gasteiger partial charge in [-0.3, -0.25) is 9.89 Å². The third-order valence-electron chi connectivity index (χ3n) is 4.54. The van der Waals surface area contributed by atoms with Gasteiger partial charge in [-0.15, -0.1) is 24.0 Å². The quantitative estimate of drug-likeness (QED) is 0.254. The minimum absolute atomic E-state index is 0. The van der Waals surface area contributed by atoms with E-state index in [1.807, 2.05) is 20.8 Å². The van der Waals surface area contributed by atoms with E-state index in [9.17, 15) is 4.79 Å². The summed E-state index contributed by atoms with van der Waals surface area (Å²) in [7, 11) is 1.77. The number of morpholine rings is 1. The summed E-state index contributed by atoms with van der Waals surface area (Å²) in [5.74, 6) is 0.785. The minimum atomic E-state index is -0.455. The summed E-state index contributed by atoms with van der Waals surface area (Å²) in [5.41, 5.74) is -0.455. The van der Waals surface area contributed by atoms with E-state index in [0.717, 1.165) is 38.6 Å². The first kappa shape index (κ1) is 25.2. The average molecular weight is 511 g/mol. The van der Waals surface area contributed by atoms with Gasteiger partial charge in [-0.2, -0.15) is 0 Å². The van der Waals surface area contributed by atoms with E-state index in [0.29, 0.717) is 25.3 Å². The Kier molecular flexibility index (Phi) is 10.3. The Labute approximate surface area is 186 Å². The number of nitrogens with zero attached hydrogens (tertiary/aromatic N) is 3. The Morgan fingerprint density at radius 1 is 1.18 bits per heavy atom. The van der Waals surface area contributed by atoms with Crippen molar-refractivity contribution in [2.24, 2.45) is 4.99 Å². The predicted molar refractivity (Wildman–Crippen MR) is 123 cm³/mol. The van der Waals surface area contributed by atoms with Crippen molar-refractivity contribution in [3.8, 4) is 0 Å². The van der Waals surface area contributed by atoms with Crippen molar-refractivity contribution in [2.45, 2.75) is 64.9 Å². The Hall–Kier alpha value is -0.810. The molecule has 2 atom stereocenters. The van der Waals surface area contributed by atoms with Gasteiger partial charge in [0.15, 0.2) is 5.96 Å². The van der Waals surface area contributed by atoms with Crippen LogP contribution in [0.5, 0.6) is 0 Å². The Balaban J connectivity index is 0.00000392. The number of aliphatic imine (C=N–C) groups is 1. The Morgan fingerprint density at radius 2 is 1.79 bits per heavy atom. The third kappa shape index (κ3) is 8.69. The SMILES string of the molecule is CN=C(NCCCN1CC(C)OC(C)C1)NC1CN(C(=O)OC(C)(C)C)C1.I. The molecule has 28 heavy (non-hydrogen) atoms. The second-order valence-corrected chi connectivity index (χ2v) is 8.60. The number of amides is 1. The molecule has 8 nitrogen and oxygen atoms in total. The summed E-state index contributed by atoms with van der Waals surface area (Å²) in [6.45, 7) is 15.1. The normalized spacial score (nSPS) is 24.2. The van der Waals surface area contributed by atoms with Crippen molar-refractivity contribution in [3.63, 3.8) is 0 Å². The van der Waals surface area contributed by atoms with Crippen LogP contribution in [0.4, 0.5) is 4.79 Å². The molecule has 2 unspecified atom stereocenters. The highest BCUT2D eigenvalue weighted by molar-refractivity contribution is 14.0. The average Bonchev–Trinajstić information content (AvgIpc) is 2.49. The van der Waals surface area contributed by atoms with Gasteiger partial charge in [0.2, 0.25) is 0 Å². The van der Waals surface area contributed by atoms with Gasteiger partial charge in [-0.1, -0.05) is 0 Å². The molecule has 1 amide bonds. The highest BCUT2D eigenvalue weighted by atomic mass is 127. The summed E-state index contributed by atoms with van der Waals surface area (Å²) < 4.78 is 11.1. The maximum Gasteiger partial charge on any atom is 0.410 e. The second kappa shape index (κ2) is 11.4. The number of carbonyl (C=O) groups excluding carboxylic acids is 1. The lowest BCUT2D eigenvalue weighted by Gasteiger charge is -2.40. The van der Waals surface area contributed by atoms with Gasteiger partial charge in [-0.25, -0.2) is 4.79 Å². The van der Waals surface area contributed by atoms with E-state index in [4.69, 9.17) is 9.47 Å². The molecule has 0 bridgehead atoms. The van der Waals surface area contributed by atoms with E-state index in [1.165, 1.54) is 0 Å². The molecule has 2 saturated heterocycles. The zero-order valence-electron chi connectivity index (χ0n) is 18.2. The van der Waals surface area contributed by atoms with Crippen LogP contribution in [0.25, 0.3) is 0 Å². The molecule has 2 aliphatic rings. The van der Waals surface area contributed by atoms with E-state index >= 15 is 0 Å². The van der Waals surface area contributed by atoms with Gasteiger partial charge >= 0.3 is 6.09 Å². The van der Waals surface area contributed by atoms with Crippen LogP contribution in [0.15, 0.2) is 4.99 Å². The van der Waals surface area contributed by atoms with Crippen LogP contribution in [-0.4, -0.2) is 92.0 Å². The molecule has 9 heteroatoms. The van der Waals surface area contributed by atoms with Gasteiger partial charge in [0.05, 0.1) is 18.2 Å². The Bertz CT molecular complexity index is 510. The largest absolute Gasteiger partial charge is 0.444 e. The number of likely N-dealkylation sites (tertiary alicyclic amines) is 1. The molecule has 2 N–H and O–H groups in total. The first-order valence-corrected chi connectivity index (χ1v) is 9.99. The zero-order valence-corrected chi connectivity index (χ0v) is 20.5. The number of hydrogen-bond donors (Lipinski definition) is 2. The second-order valence-electron chi connectivity index (χ2n) is 8.60. The molecular weight excluding hydrogens is 473 g/mol. The molecule has 164 valence electrons. The van der Waals surface area contributed by atoms with Gasteiger partial charge in [-0.05, 0) is 41.0 Å². The van der Waals surface area contributed by atoms with Crippen LogP contribution < -0.4 is 10.6 Å². The highest BCUT2D eigenvalue weighted by Gasteiger charge is 2.34. The lowest BCUT2D eigenvalue weighted by molar-refractivity contribution is -0.0679. The number of rotatable bonds is 5. The van der Waals surface area contributed by atoms with E-state index in [2.05, 4.69) is 34.4 Å². The molecule has 0 spiro atoms. The van der Waals surface area contributed by atoms with Crippen molar-refractivity contribution >= 4 is 36.0 Å². The molecule has 0 radical (unpaired) electrons. The third-order valence-corrected chi connectivity index (χ3v) is 4.54. The molecule has 2 heterocycles. The van der Waals surface area contributed by atoms with E-state index in [-0.39, 0.29) is 36.1 Å². The number of carbonyl (C=O) groups is 1. The van der Waals surface area contributed by atoms with E-state index < -0.39 is 5.60 Å². The van der Waals surface area contributed by atoms with Crippen LogP contribution in [-0.2, 0) is 9.47 Å². The van der Waals surface area contributed by atoms with Crippen molar-refractivity contribution < 1.29 is 14.3 Å². The predicted octanol–water partition coefficient (Wildman–Crippen LogP) is 1.89. The molecule has 0 saturated carbocycles. The van der Waals surface area contributed by atoms with Crippen LogP contribution in [0.2, 0.25) is 0 Å². The monoisotopic (exact) mass is 511 g/mol. The van der Waals surface area contributed by atoms with Gasteiger partial charge < -0.3 is 25.0 Å². The minimum Gasteiger partial charge on any atom is -0.444 e. The molecule has 0 aromatic rings. The number of ether oxygens (including phenoxy) is 2. The molecule has 0 aliphatic carbocycles. The van der Waals surface area contributed by atoms with Gasteiger partial charge in [0, 0.05) is 46.3 Å². The standard InChI is InChI=1S/C19H37N5O3.HI/c1-14-10-23(11-15(2)26-14)9-7-8-21-17(20-6)22-16-12-24(13-16)18(25)27-19(3,4)5;/h14-16H,7-13H2,1-6H3,(H2,20,21,22);1H. The lowest BCUT2D eigenvalue weighted by atomic mass is 10.1. The molecule has 0 aromatic heterocycles. The fraction of sp³-hybridized carbons (Fsp3) is 0.895. The molecule has 2 fully saturated rings. The number of guanidine groups is 1. The smallest absolute Gasteiger partial charge is 0.410 e. The van der Waals surface area contributed by atoms with Crippen LogP contribution >= 0.6 is 24.0 Å². The van der Waals surface area contributed by atoms with E-state index in [1.54, 1.807) is 11.9 Å². The van der Waals surface area contributed by atoms with Crippen LogP contribution in [0, 0.1) is 0 Å². The molecule has 0 aromatic carbocycles. The first-order chi connectivity index (χ1) is 12.7. The lowest BCUT2D eigenvalue weighted by Crippen LogP contribution is -2.63. The first-order valence-electron chi connectivity index (χ1n) is 9.99.